The predicted octanol–water partition coefficient (Wildman–Crippen LogP) is 4.67. The van der Waals surface area contributed by atoms with Crippen LogP contribution in [0.5, 0.6) is 0 Å². The quantitative estimate of drug-likeness (QED) is 0.847. The van der Waals surface area contributed by atoms with Crippen molar-refractivity contribution in [3.8, 4) is 0 Å². The lowest BCUT2D eigenvalue weighted by atomic mass is 10.0. The molecule has 0 spiro atoms. The highest BCUT2D eigenvalue weighted by Gasteiger charge is 2.11. The van der Waals surface area contributed by atoms with E-state index in [1.807, 2.05) is 6.92 Å². The summed E-state index contributed by atoms with van der Waals surface area (Å²) in [5.74, 6) is -1.61. The Morgan fingerprint density at radius 1 is 0.947 bits per heavy atom. The summed E-state index contributed by atoms with van der Waals surface area (Å²) >= 11 is 0. The largest absolute Gasteiger partial charge is 0.378 e. The van der Waals surface area contributed by atoms with Crippen molar-refractivity contribution in [2.24, 2.45) is 0 Å². The number of hydrogen-bond acceptors (Lipinski definition) is 1. The molecule has 0 aliphatic rings. The average molecular weight is 265 g/mol. The van der Waals surface area contributed by atoms with Crippen LogP contribution >= 0.6 is 0 Å². The van der Waals surface area contributed by atoms with Crippen molar-refractivity contribution in [1.82, 2.24) is 0 Å². The number of anilines is 1. The summed E-state index contributed by atoms with van der Waals surface area (Å²) in [5.41, 5.74) is 1.08. The second-order valence-corrected chi connectivity index (χ2v) is 4.32. The van der Waals surface area contributed by atoms with Gasteiger partial charge in [0.1, 0.15) is 17.5 Å². The molecule has 1 N–H and O–H groups in total. The molecule has 0 radical (unpaired) electrons. The van der Waals surface area contributed by atoms with Crippen molar-refractivity contribution < 1.29 is 13.2 Å². The molecule has 0 fully saturated rings. The molecular weight excluding hydrogens is 251 g/mol. The van der Waals surface area contributed by atoms with E-state index >= 15 is 0 Å². The first-order valence-electron chi connectivity index (χ1n) is 6.06. The molecule has 0 aliphatic carbocycles. The van der Waals surface area contributed by atoms with Gasteiger partial charge >= 0.3 is 0 Å². The van der Waals surface area contributed by atoms with E-state index in [9.17, 15) is 13.2 Å². The number of halogens is 3. The van der Waals surface area contributed by atoms with Crippen LogP contribution in [0.4, 0.5) is 18.9 Å². The minimum Gasteiger partial charge on any atom is -0.378 e. The first kappa shape index (κ1) is 13.5. The molecular formula is C15H14F3N. The Hall–Kier alpha value is -1.97. The van der Waals surface area contributed by atoms with Crippen molar-refractivity contribution in [3.63, 3.8) is 0 Å². The van der Waals surface area contributed by atoms with E-state index in [-0.39, 0.29) is 11.9 Å². The van der Waals surface area contributed by atoms with Crippen LogP contribution in [0.15, 0.2) is 42.5 Å². The highest BCUT2D eigenvalue weighted by atomic mass is 19.1. The van der Waals surface area contributed by atoms with Crippen LogP contribution in [0, 0.1) is 17.5 Å². The van der Waals surface area contributed by atoms with Crippen LogP contribution in [-0.2, 0) is 0 Å². The number of benzene rings is 2. The van der Waals surface area contributed by atoms with Crippen LogP contribution in [0.3, 0.4) is 0 Å². The molecule has 2 rings (SSSR count). The van der Waals surface area contributed by atoms with Crippen molar-refractivity contribution in [2.75, 3.05) is 5.32 Å². The maximum atomic E-state index is 13.2. The Kier molecular flexibility index (Phi) is 4.10. The molecule has 1 nitrogen and oxygen atoms in total. The summed E-state index contributed by atoms with van der Waals surface area (Å²) in [4.78, 5) is 0. The number of rotatable bonds is 4. The Labute approximate surface area is 110 Å². The zero-order valence-corrected chi connectivity index (χ0v) is 10.5. The lowest BCUT2D eigenvalue weighted by Crippen LogP contribution is -2.10. The molecule has 0 bridgehead atoms. The third-order valence-corrected chi connectivity index (χ3v) is 2.86. The van der Waals surface area contributed by atoms with Crippen LogP contribution in [0.2, 0.25) is 0 Å². The highest BCUT2D eigenvalue weighted by Crippen LogP contribution is 2.24. The minimum absolute atomic E-state index is 0.197. The Bertz CT molecular complexity index is 549. The van der Waals surface area contributed by atoms with Gasteiger partial charge in [0.05, 0.1) is 6.04 Å². The maximum Gasteiger partial charge on any atom is 0.128 e. The fourth-order valence-electron chi connectivity index (χ4n) is 1.98. The van der Waals surface area contributed by atoms with Gasteiger partial charge in [-0.2, -0.15) is 0 Å². The fraction of sp³-hybridized carbons (Fsp3) is 0.200. The van der Waals surface area contributed by atoms with Crippen LogP contribution in [0.25, 0.3) is 0 Å². The zero-order chi connectivity index (χ0) is 13.8. The molecule has 0 aromatic heterocycles. The molecule has 19 heavy (non-hydrogen) atoms. The third-order valence-electron chi connectivity index (χ3n) is 2.86. The Morgan fingerprint density at radius 2 is 1.63 bits per heavy atom. The van der Waals surface area contributed by atoms with Crippen LogP contribution in [-0.4, -0.2) is 0 Å². The molecule has 0 saturated heterocycles. The van der Waals surface area contributed by atoms with Gasteiger partial charge in [0.15, 0.2) is 0 Å². The molecule has 0 heterocycles. The molecule has 0 aliphatic heterocycles. The Morgan fingerprint density at radius 3 is 2.21 bits per heavy atom. The monoisotopic (exact) mass is 265 g/mol. The Balaban J connectivity index is 2.23. The van der Waals surface area contributed by atoms with Gasteiger partial charge in [0.25, 0.3) is 0 Å². The van der Waals surface area contributed by atoms with Gasteiger partial charge in [-0.1, -0.05) is 19.1 Å². The number of hydrogen-bond donors (Lipinski definition) is 1. The molecule has 2 aromatic rings. The molecule has 1 unspecified atom stereocenters. The van der Waals surface area contributed by atoms with Crippen LogP contribution < -0.4 is 5.32 Å². The van der Waals surface area contributed by atoms with Crippen molar-refractivity contribution in [3.05, 3.63) is 65.5 Å². The first-order valence-corrected chi connectivity index (χ1v) is 6.06. The normalized spacial score (nSPS) is 12.2. The van der Waals surface area contributed by atoms with Crippen molar-refractivity contribution >= 4 is 5.69 Å². The second kappa shape index (κ2) is 5.78. The van der Waals surface area contributed by atoms with Crippen molar-refractivity contribution in [1.29, 1.82) is 0 Å². The lowest BCUT2D eigenvalue weighted by Gasteiger charge is -2.19. The summed E-state index contributed by atoms with van der Waals surface area (Å²) in [6.07, 6.45) is 0.668. The van der Waals surface area contributed by atoms with Crippen LogP contribution in [0.1, 0.15) is 24.9 Å². The van der Waals surface area contributed by atoms with E-state index in [0.717, 1.165) is 11.6 Å². The summed E-state index contributed by atoms with van der Waals surface area (Å²) in [6.45, 7) is 1.91. The maximum absolute atomic E-state index is 13.2. The molecule has 0 amide bonds. The summed E-state index contributed by atoms with van der Waals surface area (Å²) in [5, 5.41) is 3.01. The summed E-state index contributed by atoms with van der Waals surface area (Å²) in [6, 6.07) is 9.21. The molecule has 100 valence electrons. The van der Waals surface area contributed by atoms with E-state index in [2.05, 4.69) is 5.32 Å². The van der Waals surface area contributed by atoms with E-state index in [4.69, 9.17) is 0 Å². The summed E-state index contributed by atoms with van der Waals surface area (Å²) in [7, 11) is 0. The van der Waals surface area contributed by atoms with E-state index in [1.54, 1.807) is 12.1 Å². The molecule has 2 aromatic carbocycles. The van der Waals surface area contributed by atoms with E-state index < -0.39 is 11.6 Å². The highest BCUT2D eigenvalue weighted by molar-refractivity contribution is 5.46. The van der Waals surface area contributed by atoms with Crippen molar-refractivity contribution in [2.45, 2.75) is 19.4 Å². The molecule has 4 heteroatoms. The predicted molar refractivity (Wildman–Crippen MR) is 69.4 cm³/mol. The van der Waals surface area contributed by atoms with Gasteiger partial charge in [-0.05, 0) is 36.2 Å². The molecule has 1 atom stereocenters. The zero-order valence-electron chi connectivity index (χ0n) is 10.5. The third kappa shape index (κ3) is 3.50. The fourth-order valence-corrected chi connectivity index (χ4v) is 1.98. The van der Waals surface area contributed by atoms with Gasteiger partial charge < -0.3 is 5.32 Å². The first-order chi connectivity index (χ1) is 9.08. The van der Waals surface area contributed by atoms with Gasteiger partial charge in [-0.3, -0.25) is 0 Å². The van der Waals surface area contributed by atoms with E-state index in [1.165, 1.54) is 24.3 Å². The molecule has 0 saturated carbocycles. The van der Waals surface area contributed by atoms with Gasteiger partial charge in [0.2, 0.25) is 0 Å². The van der Waals surface area contributed by atoms with Gasteiger partial charge in [-0.15, -0.1) is 0 Å². The minimum atomic E-state index is -0.642. The van der Waals surface area contributed by atoms with E-state index in [0.29, 0.717) is 12.1 Å². The standard InChI is InChI=1S/C15H14F3N/c1-2-15(10-4-3-5-11(16)6-10)19-14-8-12(17)7-13(18)9-14/h3-9,15,19H,2H2,1H3. The summed E-state index contributed by atoms with van der Waals surface area (Å²) < 4.78 is 39.4. The SMILES string of the molecule is CCC(Nc1cc(F)cc(F)c1)c1cccc(F)c1. The second-order valence-electron chi connectivity index (χ2n) is 4.32. The lowest BCUT2D eigenvalue weighted by molar-refractivity contribution is 0.583. The topological polar surface area (TPSA) is 12.0 Å². The van der Waals surface area contributed by atoms with Gasteiger partial charge in [-0.25, -0.2) is 13.2 Å². The number of nitrogens with one attached hydrogen (secondary N) is 1. The van der Waals surface area contributed by atoms with Gasteiger partial charge in [0, 0.05) is 11.8 Å². The smallest absolute Gasteiger partial charge is 0.128 e. The average Bonchev–Trinajstić information content (AvgIpc) is 2.34.